The molecule has 0 bridgehead atoms. The zero-order valence-corrected chi connectivity index (χ0v) is 19.2. The highest BCUT2D eigenvalue weighted by Crippen LogP contribution is 2.39. The number of benzene rings is 2. The normalized spacial score (nSPS) is 15.5. The molecule has 1 aliphatic rings. The van der Waals surface area contributed by atoms with Crippen LogP contribution in [0.3, 0.4) is 0 Å². The van der Waals surface area contributed by atoms with E-state index in [1.165, 1.54) is 10.4 Å². The average Bonchev–Trinajstić information content (AvgIpc) is 3.25. The van der Waals surface area contributed by atoms with Gasteiger partial charge in [0.25, 0.3) is 5.91 Å². The molecule has 0 saturated heterocycles. The fourth-order valence-electron chi connectivity index (χ4n) is 4.20. The summed E-state index contributed by atoms with van der Waals surface area (Å²) in [7, 11) is 0. The van der Waals surface area contributed by atoms with Crippen molar-refractivity contribution in [2.24, 2.45) is 0 Å². The number of rotatable bonds is 5. The quantitative estimate of drug-likeness (QED) is 0.523. The molecule has 0 fully saturated rings. The van der Waals surface area contributed by atoms with Gasteiger partial charge in [-0.1, -0.05) is 41.9 Å². The highest BCUT2D eigenvalue weighted by molar-refractivity contribution is 7.10. The van der Waals surface area contributed by atoms with Crippen LogP contribution in [0, 0.1) is 6.92 Å². The molecular formula is C25H25ClN2O2S. The van der Waals surface area contributed by atoms with Crippen LogP contribution < -0.4 is 0 Å². The lowest BCUT2D eigenvalue weighted by atomic mass is 9.90. The number of nitrogens with zero attached hydrogens (tertiary/aromatic N) is 2. The summed E-state index contributed by atoms with van der Waals surface area (Å²) in [4.78, 5) is 31.4. The fraction of sp³-hybridized carbons (Fsp3) is 0.280. The van der Waals surface area contributed by atoms with Crippen molar-refractivity contribution < 1.29 is 9.59 Å². The average molecular weight is 453 g/mol. The Labute approximate surface area is 192 Å². The Bertz CT molecular complexity index is 1110. The van der Waals surface area contributed by atoms with Gasteiger partial charge in [0.1, 0.15) is 6.54 Å². The first kappa shape index (κ1) is 21.6. The second-order valence-electron chi connectivity index (χ2n) is 7.73. The highest BCUT2D eigenvalue weighted by atomic mass is 35.5. The lowest BCUT2D eigenvalue weighted by molar-refractivity contribution is -0.134. The van der Waals surface area contributed by atoms with Gasteiger partial charge in [0.2, 0.25) is 5.91 Å². The van der Waals surface area contributed by atoms with Gasteiger partial charge in [-0.2, -0.15) is 0 Å². The van der Waals surface area contributed by atoms with Crippen molar-refractivity contribution in [3.05, 3.63) is 92.1 Å². The van der Waals surface area contributed by atoms with E-state index in [1.54, 1.807) is 40.5 Å². The number of halogens is 1. The predicted octanol–water partition coefficient (Wildman–Crippen LogP) is 5.35. The summed E-state index contributed by atoms with van der Waals surface area (Å²) in [5.74, 6) is -0.221. The summed E-state index contributed by atoms with van der Waals surface area (Å²) in [5, 5.41) is 2.61. The predicted molar refractivity (Wildman–Crippen MR) is 126 cm³/mol. The van der Waals surface area contributed by atoms with Gasteiger partial charge >= 0.3 is 0 Å². The maximum absolute atomic E-state index is 13.5. The van der Waals surface area contributed by atoms with Crippen molar-refractivity contribution in [1.82, 2.24) is 9.80 Å². The van der Waals surface area contributed by atoms with E-state index in [-0.39, 0.29) is 24.4 Å². The minimum absolute atomic E-state index is 0.0395. The second-order valence-corrected chi connectivity index (χ2v) is 9.16. The topological polar surface area (TPSA) is 40.6 Å². The van der Waals surface area contributed by atoms with Crippen LogP contribution in [0.25, 0.3) is 0 Å². The van der Waals surface area contributed by atoms with E-state index in [0.29, 0.717) is 23.7 Å². The van der Waals surface area contributed by atoms with Crippen molar-refractivity contribution in [3.8, 4) is 0 Å². The number of likely N-dealkylation sites (N-methyl/N-ethyl adjacent to an activating group) is 1. The van der Waals surface area contributed by atoms with E-state index < -0.39 is 0 Å². The van der Waals surface area contributed by atoms with Crippen LogP contribution in [0.5, 0.6) is 0 Å². The van der Waals surface area contributed by atoms with E-state index in [0.717, 1.165) is 17.5 Å². The molecule has 4 nitrogen and oxygen atoms in total. The first-order valence-corrected chi connectivity index (χ1v) is 11.7. The smallest absolute Gasteiger partial charge is 0.254 e. The van der Waals surface area contributed by atoms with Gasteiger partial charge in [-0.3, -0.25) is 9.59 Å². The van der Waals surface area contributed by atoms with E-state index in [4.69, 9.17) is 11.6 Å². The summed E-state index contributed by atoms with van der Waals surface area (Å²) >= 11 is 7.81. The van der Waals surface area contributed by atoms with Crippen LogP contribution in [0.4, 0.5) is 0 Å². The molecule has 0 spiro atoms. The van der Waals surface area contributed by atoms with Crippen molar-refractivity contribution >= 4 is 34.8 Å². The van der Waals surface area contributed by atoms with Crippen molar-refractivity contribution in [3.63, 3.8) is 0 Å². The molecule has 1 atom stereocenters. The Morgan fingerprint density at radius 2 is 1.94 bits per heavy atom. The zero-order chi connectivity index (χ0) is 22.0. The van der Waals surface area contributed by atoms with E-state index in [1.807, 2.05) is 24.0 Å². The number of hydrogen-bond acceptors (Lipinski definition) is 3. The summed E-state index contributed by atoms with van der Waals surface area (Å²) in [5.41, 5.74) is 3.99. The summed E-state index contributed by atoms with van der Waals surface area (Å²) in [6.07, 6.45) is 0.843. The molecule has 0 saturated carbocycles. The minimum atomic E-state index is -0.181. The number of carbonyl (C=O) groups is 2. The molecule has 1 unspecified atom stereocenters. The summed E-state index contributed by atoms with van der Waals surface area (Å²) in [6.45, 7) is 5.11. The molecule has 2 heterocycles. The molecule has 0 N–H and O–H groups in total. The van der Waals surface area contributed by atoms with Crippen molar-refractivity contribution in [1.29, 1.82) is 0 Å². The molecule has 160 valence electrons. The first-order chi connectivity index (χ1) is 15.0. The van der Waals surface area contributed by atoms with Crippen molar-refractivity contribution in [2.75, 3.05) is 19.6 Å². The Morgan fingerprint density at radius 3 is 2.68 bits per heavy atom. The van der Waals surface area contributed by atoms with Crippen LogP contribution in [0.15, 0.2) is 60.0 Å². The number of fused-ring (bicyclic) bond motifs is 1. The maximum atomic E-state index is 13.5. The third-order valence-electron chi connectivity index (χ3n) is 5.84. The third-order valence-corrected chi connectivity index (χ3v) is 7.07. The molecule has 6 heteroatoms. The number of hydrogen-bond donors (Lipinski definition) is 0. The standard InChI is InChI=1S/C25H25ClN2O2S/c1-3-27(25(30)18-8-6-9-19(26)15-18)16-23(29)28-13-11-22-21(12-14-31-22)24(28)20-10-5-4-7-17(20)2/h4-10,12,14-15,24H,3,11,13,16H2,1-2H3. The van der Waals surface area contributed by atoms with Crippen LogP contribution in [0.1, 0.15) is 44.9 Å². The number of aryl methyl sites for hydroxylation is 1. The van der Waals surface area contributed by atoms with Crippen LogP contribution in [-0.2, 0) is 11.2 Å². The Kier molecular flexibility index (Phi) is 6.44. The van der Waals surface area contributed by atoms with E-state index >= 15 is 0 Å². The Hall–Kier alpha value is -2.63. The monoisotopic (exact) mass is 452 g/mol. The zero-order valence-electron chi connectivity index (χ0n) is 17.7. The molecule has 2 aromatic carbocycles. The second kappa shape index (κ2) is 9.25. The molecule has 0 radical (unpaired) electrons. The lowest BCUT2D eigenvalue weighted by Crippen LogP contribution is -2.46. The van der Waals surface area contributed by atoms with Gasteiger partial charge in [0.05, 0.1) is 6.04 Å². The van der Waals surface area contributed by atoms with Crippen LogP contribution in [-0.4, -0.2) is 41.2 Å². The van der Waals surface area contributed by atoms with E-state index in [2.05, 4.69) is 30.5 Å². The van der Waals surface area contributed by atoms with Crippen LogP contribution >= 0.6 is 22.9 Å². The molecule has 31 heavy (non-hydrogen) atoms. The highest BCUT2D eigenvalue weighted by Gasteiger charge is 2.34. The lowest BCUT2D eigenvalue weighted by Gasteiger charge is -2.38. The van der Waals surface area contributed by atoms with Crippen molar-refractivity contribution in [2.45, 2.75) is 26.3 Å². The largest absolute Gasteiger partial charge is 0.330 e. The van der Waals surface area contributed by atoms with Gasteiger partial charge in [-0.15, -0.1) is 11.3 Å². The first-order valence-electron chi connectivity index (χ1n) is 10.5. The Morgan fingerprint density at radius 1 is 1.13 bits per heavy atom. The summed E-state index contributed by atoms with van der Waals surface area (Å²) in [6, 6.07) is 17.1. The van der Waals surface area contributed by atoms with Gasteiger partial charge < -0.3 is 9.80 Å². The summed E-state index contributed by atoms with van der Waals surface area (Å²) < 4.78 is 0. The minimum Gasteiger partial charge on any atom is -0.330 e. The van der Waals surface area contributed by atoms with Gasteiger partial charge in [0, 0.05) is 28.6 Å². The molecule has 2 amide bonds. The molecule has 1 aromatic heterocycles. The van der Waals surface area contributed by atoms with Gasteiger partial charge in [-0.25, -0.2) is 0 Å². The molecule has 3 aromatic rings. The fourth-order valence-corrected chi connectivity index (χ4v) is 5.29. The maximum Gasteiger partial charge on any atom is 0.254 e. The molecule has 4 rings (SSSR count). The van der Waals surface area contributed by atoms with Gasteiger partial charge in [0.15, 0.2) is 0 Å². The Balaban J connectivity index is 1.62. The van der Waals surface area contributed by atoms with E-state index in [9.17, 15) is 9.59 Å². The molecule has 0 aliphatic carbocycles. The number of amides is 2. The number of thiophene rings is 1. The SMILES string of the molecule is CCN(CC(=O)N1CCc2sccc2C1c1ccccc1C)C(=O)c1cccc(Cl)c1. The van der Waals surface area contributed by atoms with Crippen LogP contribution in [0.2, 0.25) is 5.02 Å². The third kappa shape index (κ3) is 4.39. The number of carbonyl (C=O) groups excluding carboxylic acids is 2. The molecular weight excluding hydrogens is 428 g/mol. The molecule has 1 aliphatic heterocycles. The van der Waals surface area contributed by atoms with Gasteiger partial charge in [-0.05, 0) is 66.6 Å².